The number of carbonyl (C=O) groups is 1. The van der Waals surface area contributed by atoms with E-state index in [1.807, 2.05) is 0 Å². The number of amides is 1. The Hall–Kier alpha value is -1.26. The number of nitrogens with two attached hydrogens (primary N) is 1. The molecule has 5 heteroatoms. The van der Waals surface area contributed by atoms with Gasteiger partial charge in [-0.3, -0.25) is 4.79 Å². The van der Waals surface area contributed by atoms with E-state index in [0.717, 1.165) is 6.42 Å². The zero-order valence-electron chi connectivity index (χ0n) is 8.87. The molecular formula is C11H15ClN2O2. The van der Waals surface area contributed by atoms with Crippen LogP contribution in [0.5, 0.6) is 0 Å². The number of nitrogen functional groups attached to an aromatic ring is 1. The average molecular weight is 243 g/mol. The van der Waals surface area contributed by atoms with Gasteiger partial charge in [0, 0.05) is 18.7 Å². The smallest absolute Gasteiger partial charge is 0.251 e. The van der Waals surface area contributed by atoms with Crippen molar-refractivity contribution in [2.24, 2.45) is 0 Å². The van der Waals surface area contributed by atoms with Gasteiger partial charge < -0.3 is 16.2 Å². The summed E-state index contributed by atoms with van der Waals surface area (Å²) in [4.78, 5) is 11.6. The molecule has 4 nitrogen and oxygen atoms in total. The Balaban J connectivity index is 2.50. The summed E-state index contributed by atoms with van der Waals surface area (Å²) in [5, 5.41) is 11.7. The molecule has 1 amide bonds. The minimum Gasteiger partial charge on any atom is -0.398 e. The Morgan fingerprint density at radius 1 is 1.44 bits per heavy atom. The Morgan fingerprint density at radius 3 is 2.81 bits per heavy atom. The first-order valence-electron chi connectivity index (χ1n) is 5.09. The molecule has 0 bridgehead atoms. The second-order valence-electron chi connectivity index (χ2n) is 3.42. The first-order valence-corrected chi connectivity index (χ1v) is 5.47. The van der Waals surface area contributed by atoms with Crippen LogP contribution in [0.3, 0.4) is 0 Å². The summed E-state index contributed by atoms with van der Waals surface area (Å²) < 4.78 is 0. The summed E-state index contributed by atoms with van der Waals surface area (Å²) >= 11 is 5.75. The molecule has 0 aliphatic rings. The van der Waals surface area contributed by atoms with Gasteiger partial charge in [0.05, 0.1) is 10.7 Å². The average Bonchev–Trinajstić information content (AvgIpc) is 2.28. The second-order valence-corrected chi connectivity index (χ2v) is 3.83. The SMILES string of the molecule is Nc1cc(C(=O)NCCCCO)ccc1Cl. The minimum atomic E-state index is -0.179. The highest BCUT2D eigenvalue weighted by molar-refractivity contribution is 6.33. The molecule has 0 aliphatic carbocycles. The molecule has 4 N–H and O–H groups in total. The number of aliphatic hydroxyl groups is 1. The van der Waals surface area contributed by atoms with Crippen LogP contribution in [0, 0.1) is 0 Å². The maximum Gasteiger partial charge on any atom is 0.251 e. The van der Waals surface area contributed by atoms with Crippen LogP contribution in [0.15, 0.2) is 18.2 Å². The first kappa shape index (κ1) is 12.8. The molecule has 0 spiro atoms. The number of carbonyl (C=O) groups excluding carboxylic acids is 1. The molecule has 0 radical (unpaired) electrons. The number of rotatable bonds is 5. The second kappa shape index (κ2) is 6.35. The largest absolute Gasteiger partial charge is 0.398 e. The van der Waals surface area contributed by atoms with Crippen LogP contribution in [-0.2, 0) is 0 Å². The quantitative estimate of drug-likeness (QED) is 0.540. The molecule has 1 aromatic carbocycles. The van der Waals surface area contributed by atoms with Gasteiger partial charge in [-0.1, -0.05) is 11.6 Å². The summed E-state index contributed by atoms with van der Waals surface area (Å²) in [5.41, 5.74) is 6.47. The van der Waals surface area contributed by atoms with Gasteiger partial charge in [-0.2, -0.15) is 0 Å². The highest BCUT2D eigenvalue weighted by atomic mass is 35.5. The van der Waals surface area contributed by atoms with E-state index in [1.165, 1.54) is 0 Å². The maximum absolute atomic E-state index is 11.6. The van der Waals surface area contributed by atoms with E-state index in [0.29, 0.717) is 29.2 Å². The van der Waals surface area contributed by atoms with Crippen LogP contribution in [0.4, 0.5) is 5.69 Å². The van der Waals surface area contributed by atoms with Crippen LogP contribution in [0.25, 0.3) is 0 Å². The third-order valence-electron chi connectivity index (χ3n) is 2.13. The molecule has 0 atom stereocenters. The van der Waals surface area contributed by atoms with Gasteiger partial charge >= 0.3 is 0 Å². The lowest BCUT2D eigenvalue weighted by atomic mass is 10.2. The number of hydrogen-bond acceptors (Lipinski definition) is 3. The molecule has 16 heavy (non-hydrogen) atoms. The molecule has 1 aromatic rings. The lowest BCUT2D eigenvalue weighted by molar-refractivity contribution is 0.0952. The molecule has 0 saturated carbocycles. The van der Waals surface area contributed by atoms with E-state index in [-0.39, 0.29) is 12.5 Å². The summed E-state index contributed by atoms with van der Waals surface area (Å²) in [5.74, 6) is -0.179. The van der Waals surface area contributed by atoms with Crippen molar-refractivity contribution < 1.29 is 9.90 Å². The predicted octanol–water partition coefficient (Wildman–Crippen LogP) is 1.42. The molecule has 0 unspecified atom stereocenters. The fraction of sp³-hybridized carbons (Fsp3) is 0.364. The number of anilines is 1. The molecule has 0 aromatic heterocycles. The van der Waals surface area contributed by atoms with Crippen molar-refractivity contribution in [3.63, 3.8) is 0 Å². The Kier molecular flexibility index (Phi) is 5.08. The monoisotopic (exact) mass is 242 g/mol. The normalized spacial score (nSPS) is 10.1. The highest BCUT2D eigenvalue weighted by Gasteiger charge is 2.06. The van der Waals surface area contributed by atoms with Crippen LogP contribution in [-0.4, -0.2) is 24.2 Å². The van der Waals surface area contributed by atoms with Gasteiger partial charge in [0.25, 0.3) is 5.91 Å². The number of nitrogens with one attached hydrogen (secondary N) is 1. The third kappa shape index (κ3) is 3.72. The van der Waals surface area contributed by atoms with Gasteiger partial charge in [-0.25, -0.2) is 0 Å². The van der Waals surface area contributed by atoms with Gasteiger partial charge in [0.1, 0.15) is 0 Å². The Morgan fingerprint density at radius 2 is 2.19 bits per heavy atom. The topological polar surface area (TPSA) is 75.4 Å². The van der Waals surface area contributed by atoms with Gasteiger partial charge in [0.2, 0.25) is 0 Å². The predicted molar refractivity (Wildman–Crippen MR) is 64.5 cm³/mol. The molecule has 88 valence electrons. The zero-order chi connectivity index (χ0) is 12.0. The molecule has 0 fully saturated rings. The summed E-state index contributed by atoms with van der Waals surface area (Å²) in [7, 11) is 0. The van der Waals surface area contributed by atoms with E-state index in [1.54, 1.807) is 18.2 Å². The molecular weight excluding hydrogens is 228 g/mol. The maximum atomic E-state index is 11.6. The molecule has 0 saturated heterocycles. The number of aliphatic hydroxyl groups excluding tert-OH is 1. The Labute approximate surface area is 99.4 Å². The standard InChI is InChI=1S/C11H15ClN2O2/c12-9-4-3-8(7-10(9)13)11(16)14-5-1-2-6-15/h3-4,7,15H,1-2,5-6,13H2,(H,14,16). The van der Waals surface area contributed by atoms with Crippen molar-refractivity contribution in [2.75, 3.05) is 18.9 Å². The van der Waals surface area contributed by atoms with E-state index < -0.39 is 0 Å². The zero-order valence-corrected chi connectivity index (χ0v) is 9.63. The van der Waals surface area contributed by atoms with Crippen molar-refractivity contribution in [1.82, 2.24) is 5.32 Å². The number of halogens is 1. The molecule has 0 aliphatic heterocycles. The van der Waals surface area contributed by atoms with Crippen molar-refractivity contribution in [3.05, 3.63) is 28.8 Å². The summed E-state index contributed by atoms with van der Waals surface area (Å²) in [6.45, 7) is 0.686. The molecule has 1 rings (SSSR count). The van der Waals surface area contributed by atoms with Crippen molar-refractivity contribution in [3.8, 4) is 0 Å². The van der Waals surface area contributed by atoms with E-state index in [9.17, 15) is 4.79 Å². The van der Waals surface area contributed by atoms with E-state index in [2.05, 4.69) is 5.32 Å². The summed E-state index contributed by atoms with van der Waals surface area (Å²) in [6.07, 6.45) is 1.44. The minimum absolute atomic E-state index is 0.143. The number of hydrogen-bond donors (Lipinski definition) is 3. The lowest BCUT2D eigenvalue weighted by Crippen LogP contribution is -2.24. The fourth-order valence-electron chi connectivity index (χ4n) is 1.23. The number of unbranched alkanes of at least 4 members (excludes halogenated alkanes) is 1. The Bertz CT molecular complexity index is 369. The first-order chi connectivity index (χ1) is 7.65. The van der Waals surface area contributed by atoms with Gasteiger partial charge in [0.15, 0.2) is 0 Å². The van der Waals surface area contributed by atoms with Gasteiger partial charge in [-0.05, 0) is 31.0 Å². The summed E-state index contributed by atoms with van der Waals surface area (Å²) in [6, 6.07) is 4.77. The van der Waals surface area contributed by atoms with E-state index >= 15 is 0 Å². The van der Waals surface area contributed by atoms with Crippen molar-refractivity contribution in [2.45, 2.75) is 12.8 Å². The van der Waals surface area contributed by atoms with Crippen LogP contribution in [0.2, 0.25) is 5.02 Å². The third-order valence-corrected chi connectivity index (χ3v) is 2.47. The van der Waals surface area contributed by atoms with Crippen LogP contribution >= 0.6 is 11.6 Å². The highest BCUT2D eigenvalue weighted by Crippen LogP contribution is 2.19. The van der Waals surface area contributed by atoms with Crippen molar-refractivity contribution in [1.29, 1.82) is 0 Å². The van der Waals surface area contributed by atoms with Gasteiger partial charge in [-0.15, -0.1) is 0 Å². The van der Waals surface area contributed by atoms with E-state index in [4.69, 9.17) is 22.4 Å². The van der Waals surface area contributed by atoms with Crippen LogP contribution in [0.1, 0.15) is 23.2 Å². The number of benzene rings is 1. The lowest BCUT2D eigenvalue weighted by Gasteiger charge is -2.05. The van der Waals surface area contributed by atoms with Crippen molar-refractivity contribution >= 4 is 23.2 Å². The fourth-order valence-corrected chi connectivity index (χ4v) is 1.34. The van der Waals surface area contributed by atoms with Crippen LogP contribution < -0.4 is 11.1 Å². The molecule has 0 heterocycles.